The standard InChI is InChI=1S/C10H16O3/c1-13-9(12)8-10(6-7-11)4-2-3-5-10/h7H,2-6,8H2,1H3. The Hall–Kier alpha value is -0.860. The normalized spacial score (nSPS) is 19.8. The Morgan fingerprint density at radius 3 is 2.54 bits per heavy atom. The molecular formula is C10H16O3. The Morgan fingerprint density at radius 1 is 1.46 bits per heavy atom. The highest BCUT2D eigenvalue weighted by Crippen LogP contribution is 2.43. The van der Waals surface area contributed by atoms with E-state index in [4.69, 9.17) is 0 Å². The molecule has 0 aromatic heterocycles. The van der Waals surface area contributed by atoms with Gasteiger partial charge in [0, 0.05) is 6.42 Å². The molecule has 3 heteroatoms. The van der Waals surface area contributed by atoms with E-state index in [-0.39, 0.29) is 11.4 Å². The van der Waals surface area contributed by atoms with Gasteiger partial charge in [-0.25, -0.2) is 0 Å². The van der Waals surface area contributed by atoms with E-state index in [0.717, 1.165) is 32.0 Å². The highest BCUT2D eigenvalue weighted by Gasteiger charge is 2.35. The first kappa shape index (κ1) is 10.2. The molecule has 0 spiro atoms. The zero-order valence-electron chi connectivity index (χ0n) is 8.04. The number of hydrogen-bond donors (Lipinski definition) is 0. The van der Waals surface area contributed by atoms with Crippen molar-refractivity contribution in [1.29, 1.82) is 0 Å². The van der Waals surface area contributed by atoms with Crippen molar-refractivity contribution in [1.82, 2.24) is 0 Å². The topological polar surface area (TPSA) is 43.4 Å². The minimum atomic E-state index is -0.191. The number of methoxy groups -OCH3 is 1. The van der Waals surface area contributed by atoms with Crippen LogP contribution in [0.3, 0.4) is 0 Å². The monoisotopic (exact) mass is 184 g/mol. The summed E-state index contributed by atoms with van der Waals surface area (Å²) in [5, 5.41) is 0. The lowest BCUT2D eigenvalue weighted by atomic mass is 9.80. The van der Waals surface area contributed by atoms with E-state index in [1.54, 1.807) is 0 Å². The zero-order chi connectivity index (χ0) is 9.73. The molecule has 0 N–H and O–H groups in total. The van der Waals surface area contributed by atoms with Crippen LogP contribution in [0.25, 0.3) is 0 Å². The minimum Gasteiger partial charge on any atom is -0.469 e. The maximum Gasteiger partial charge on any atom is 0.306 e. The van der Waals surface area contributed by atoms with Crippen LogP contribution in [0.4, 0.5) is 0 Å². The van der Waals surface area contributed by atoms with E-state index in [0.29, 0.717) is 12.8 Å². The number of carbonyl (C=O) groups is 2. The fraction of sp³-hybridized carbons (Fsp3) is 0.800. The maximum atomic E-state index is 11.1. The average molecular weight is 184 g/mol. The van der Waals surface area contributed by atoms with Crippen LogP contribution in [0.1, 0.15) is 38.5 Å². The molecular weight excluding hydrogens is 168 g/mol. The van der Waals surface area contributed by atoms with Gasteiger partial charge in [0.15, 0.2) is 0 Å². The first-order valence-electron chi connectivity index (χ1n) is 4.73. The second-order valence-corrected chi connectivity index (χ2v) is 3.83. The lowest BCUT2D eigenvalue weighted by Gasteiger charge is -2.24. The smallest absolute Gasteiger partial charge is 0.306 e. The lowest BCUT2D eigenvalue weighted by molar-refractivity contribution is -0.143. The van der Waals surface area contributed by atoms with E-state index in [1.807, 2.05) is 0 Å². The van der Waals surface area contributed by atoms with Crippen molar-refractivity contribution in [3.05, 3.63) is 0 Å². The van der Waals surface area contributed by atoms with Gasteiger partial charge in [0.1, 0.15) is 6.29 Å². The van der Waals surface area contributed by atoms with E-state index >= 15 is 0 Å². The van der Waals surface area contributed by atoms with Gasteiger partial charge in [-0.05, 0) is 18.3 Å². The molecule has 0 heterocycles. The maximum absolute atomic E-state index is 11.1. The fourth-order valence-electron chi connectivity index (χ4n) is 2.13. The zero-order valence-corrected chi connectivity index (χ0v) is 8.04. The highest BCUT2D eigenvalue weighted by molar-refractivity contribution is 5.71. The Labute approximate surface area is 78.5 Å². The summed E-state index contributed by atoms with van der Waals surface area (Å²) >= 11 is 0. The fourth-order valence-corrected chi connectivity index (χ4v) is 2.13. The van der Waals surface area contributed by atoms with Gasteiger partial charge in [-0.15, -0.1) is 0 Å². The summed E-state index contributed by atoms with van der Waals surface area (Å²) in [5.74, 6) is -0.191. The predicted octanol–water partition coefficient (Wildman–Crippen LogP) is 1.70. The molecule has 3 nitrogen and oxygen atoms in total. The summed E-state index contributed by atoms with van der Waals surface area (Å²) in [4.78, 5) is 21.6. The molecule has 13 heavy (non-hydrogen) atoms. The Balaban J connectivity index is 2.55. The third-order valence-corrected chi connectivity index (χ3v) is 2.93. The minimum absolute atomic E-state index is 0.0746. The van der Waals surface area contributed by atoms with E-state index < -0.39 is 0 Å². The molecule has 0 unspecified atom stereocenters. The van der Waals surface area contributed by atoms with Crippen LogP contribution < -0.4 is 0 Å². The van der Waals surface area contributed by atoms with Gasteiger partial charge < -0.3 is 9.53 Å². The van der Waals surface area contributed by atoms with Gasteiger partial charge in [-0.2, -0.15) is 0 Å². The largest absolute Gasteiger partial charge is 0.469 e. The van der Waals surface area contributed by atoms with Crippen molar-refractivity contribution in [3.8, 4) is 0 Å². The van der Waals surface area contributed by atoms with Gasteiger partial charge in [0.25, 0.3) is 0 Å². The molecule has 74 valence electrons. The number of esters is 1. The summed E-state index contributed by atoms with van der Waals surface area (Å²) in [5.41, 5.74) is -0.0746. The second kappa shape index (κ2) is 4.40. The third-order valence-electron chi connectivity index (χ3n) is 2.93. The number of ether oxygens (including phenoxy) is 1. The molecule has 0 atom stereocenters. The molecule has 0 aromatic carbocycles. The van der Waals surface area contributed by atoms with Crippen LogP contribution in [0.5, 0.6) is 0 Å². The summed E-state index contributed by atoms with van der Waals surface area (Å²) in [6, 6.07) is 0. The summed E-state index contributed by atoms with van der Waals surface area (Å²) in [6.07, 6.45) is 6.07. The van der Waals surface area contributed by atoms with Crippen LogP contribution in [-0.4, -0.2) is 19.4 Å². The first-order valence-corrected chi connectivity index (χ1v) is 4.73. The molecule has 0 saturated heterocycles. The average Bonchev–Trinajstić information content (AvgIpc) is 2.54. The lowest BCUT2D eigenvalue weighted by Crippen LogP contribution is -2.22. The van der Waals surface area contributed by atoms with Crippen LogP contribution in [0.2, 0.25) is 0 Å². The number of hydrogen-bond acceptors (Lipinski definition) is 3. The van der Waals surface area contributed by atoms with Crippen LogP contribution in [0, 0.1) is 5.41 Å². The molecule has 1 aliphatic rings. The van der Waals surface area contributed by atoms with Gasteiger partial charge >= 0.3 is 5.97 Å². The Bertz CT molecular complexity index is 192. The van der Waals surface area contributed by atoms with Crippen molar-refractivity contribution in [3.63, 3.8) is 0 Å². The SMILES string of the molecule is COC(=O)CC1(CC=O)CCCC1. The number of aldehydes is 1. The van der Waals surface area contributed by atoms with Gasteiger partial charge in [-0.3, -0.25) is 4.79 Å². The van der Waals surface area contributed by atoms with Crippen LogP contribution >= 0.6 is 0 Å². The van der Waals surface area contributed by atoms with Crippen molar-refractivity contribution in [2.24, 2.45) is 5.41 Å². The number of rotatable bonds is 4. The van der Waals surface area contributed by atoms with Crippen LogP contribution in [-0.2, 0) is 14.3 Å². The van der Waals surface area contributed by atoms with Gasteiger partial charge in [-0.1, -0.05) is 12.8 Å². The quantitative estimate of drug-likeness (QED) is 0.493. The Kier molecular flexibility index (Phi) is 3.46. The molecule has 0 bridgehead atoms. The van der Waals surface area contributed by atoms with Gasteiger partial charge in [0.05, 0.1) is 13.5 Å². The van der Waals surface area contributed by atoms with Gasteiger partial charge in [0.2, 0.25) is 0 Å². The van der Waals surface area contributed by atoms with Crippen molar-refractivity contribution in [2.45, 2.75) is 38.5 Å². The molecule has 1 fully saturated rings. The molecule has 1 rings (SSSR count). The summed E-state index contributed by atoms with van der Waals surface area (Å²) in [6.45, 7) is 0. The van der Waals surface area contributed by atoms with Crippen molar-refractivity contribution in [2.75, 3.05) is 7.11 Å². The van der Waals surface area contributed by atoms with E-state index in [9.17, 15) is 9.59 Å². The predicted molar refractivity (Wildman–Crippen MR) is 48.2 cm³/mol. The molecule has 0 radical (unpaired) electrons. The molecule has 1 saturated carbocycles. The van der Waals surface area contributed by atoms with E-state index in [1.165, 1.54) is 7.11 Å². The molecule has 0 amide bonds. The Morgan fingerprint density at radius 2 is 2.08 bits per heavy atom. The molecule has 0 aliphatic heterocycles. The van der Waals surface area contributed by atoms with E-state index in [2.05, 4.69) is 4.74 Å². The third kappa shape index (κ3) is 2.54. The second-order valence-electron chi connectivity index (χ2n) is 3.83. The highest BCUT2D eigenvalue weighted by atomic mass is 16.5. The first-order chi connectivity index (χ1) is 6.22. The molecule has 0 aromatic rings. The van der Waals surface area contributed by atoms with Crippen molar-refractivity contribution < 1.29 is 14.3 Å². The van der Waals surface area contributed by atoms with Crippen LogP contribution in [0.15, 0.2) is 0 Å². The summed E-state index contributed by atoms with van der Waals surface area (Å²) < 4.78 is 4.63. The van der Waals surface area contributed by atoms with Crippen molar-refractivity contribution >= 4 is 12.3 Å². The number of carbonyl (C=O) groups excluding carboxylic acids is 2. The molecule has 1 aliphatic carbocycles. The summed E-state index contributed by atoms with van der Waals surface area (Å²) in [7, 11) is 1.39.